The van der Waals surface area contributed by atoms with Crippen molar-refractivity contribution in [3.05, 3.63) is 36.5 Å². The van der Waals surface area contributed by atoms with Crippen LogP contribution in [0.3, 0.4) is 0 Å². The minimum Gasteiger partial charge on any atom is -0.388 e. The van der Waals surface area contributed by atoms with Gasteiger partial charge in [-0.15, -0.1) is 0 Å². The molecule has 29 heavy (non-hydrogen) atoms. The summed E-state index contributed by atoms with van der Waals surface area (Å²) in [6.45, 7) is 1.52. The third kappa shape index (κ3) is 3.98. The van der Waals surface area contributed by atoms with E-state index in [0.29, 0.717) is 24.5 Å². The van der Waals surface area contributed by atoms with E-state index in [-0.39, 0.29) is 23.2 Å². The molecule has 1 fully saturated rings. The van der Waals surface area contributed by atoms with E-state index in [9.17, 15) is 13.2 Å². The Balaban J connectivity index is 1.66. The van der Waals surface area contributed by atoms with Gasteiger partial charge in [0.2, 0.25) is 0 Å². The minimum atomic E-state index is -4.56. The summed E-state index contributed by atoms with van der Waals surface area (Å²) in [5.74, 6) is 1.40. The molecule has 3 aromatic rings. The van der Waals surface area contributed by atoms with Crippen molar-refractivity contribution in [3.8, 4) is 11.5 Å². The molecule has 1 saturated heterocycles. The summed E-state index contributed by atoms with van der Waals surface area (Å²) in [7, 11) is 0. The number of nitrogens with two attached hydrogens (primary N) is 1. The third-order valence-corrected chi connectivity index (χ3v) is 4.91. The molecule has 0 spiro atoms. The predicted octanol–water partition coefficient (Wildman–Crippen LogP) is 2.75. The number of fused-ring (bicyclic) bond motifs is 1. The van der Waals surface area contributed by atoms with Crippen molar-refractivity contribution >= 4 is 17.3 Å². The van der Waals surface area contributed by atoms with Crippen LogP contribution in [-0.2, 0) is 6.18 Å². The highest BCUT2D eigenvalue weighted by Crippen LogP contribution is 2.29. The zero-order valence-electron chi connectivity index (χ0n) is 15.4. The lowest BCUT2D eigenvalue weighted by Crippen LogP contribution is -2.37. The van der Waals surface area contributed by atoms with Crippen molar-refractivity contribution in [3.63, 3.8) is 0 Å². The van der Waals surface area contributed by atoms with Crippen LogP contribution in [0.4, 0.5) is 19.0 Å². The standard InChI is InChI=1S/C18H19F3N8/c19-18(20,21)13-10-29-12(7-26-16(29)8-25-13)17-24-4-3-15(27-17)28-5-1-2-11(9-28)6-14(22)23/h3-4,7-8,10-11H,1-2,5-6,9H2,(H3,22,23). The van der Waals surface area contributed by atoms with E-state index in [2.05, 4.69) is 24.8 Å². The number of hydrogen-bond acceptors (Lipinski definition) is 6. The molecular formula is C18H19F3N8. The van der Waals surface area contributed by atoms with Gasteiger partial charge in [0.15, 0.2) is 17.2 Å². The molecule has 3 aromatic heterocycles. The van der Waals surface area contributed by atoms with Crippen LogP contribution < -0.4 is 10.6 Å². The van der Waals surface area contributed by atoms with Crippen LogP contribution in [-0.4, -0.2) is 43.3 Å². The fraction of sp³-hybridized carbons (Fsp3) is 0.389. The number of piperidine rings is 1. The Hall–Kier alpha value is -3.24. The first-order valence-corrected chi connectivity index (χ1v) is 9.13. The Kier molecular flexibility index (Phi) is 4.81. The second kappa shape index (κ2) is 7.30. The van der Waals surface area contributed by atoms with Gasteiger partial charge in [0.05, 0.1) is 18.2 Å². The van der Waals surface area contributed by atoms with E-state index in [1.165, 1.54) is 10.6 Å². The summed E-state index contributed by atoms with van der Waals surface area (Å²) in [6, 6.07) is 1.77. The zero-order valence-corrected chi connectivity index (χ0v) is 15.4. The largest absolute Gasteiger partial charge is 0.434 e. The summed E-state index contributed by atoms with van der Waals surface area (Å²) in [5, 5.41) is 7.51. The average Bonchev–Trinajstić information content (AvgIpc) is 3.10. The maximum atomic E-state index is 13.0. The molecule has 11 heteroatoms. The van der Waals surface area contributed by atoms with Crippen LogP contribution in [0.25, 0.3) is 17.2 Å². The number of alkyl halides is 3. The number of hydrogen-bond donors (Lipinski definition) is 2. The molecule has 4 heterocycles. The number of nitrogens with one attached hydrogen (secondary N) is 1. The molecule has 1 aliphatic rings. The molecule has 3 N–H and O–H groups in total. The van der Waals surface area contributed by atoms with Crippen molar-refractivity contribution in [2.45, 2.75) is 25.4 Å². The molecule has 1 aliphatic heterocycles. The number of rotatable bonds is 4. The average molecular weight is 404 g/mol. The quantitative estimate of drug-likeness (QED) is 0.511. The highest BCUT2D eigenvalue weighted by Gasteiger charge is 2.33. The van der Waals surface area contributed by atoms with Crippen LogP contribution in [0.5, 0.6) is 0 Å². The van der Waals surface area contributed by atoms with E-state index >= 15 is 0 Å². The first-order valence-electron chi connectivity index (χ1n) is 9.13. The van der Waals surface area contributed by atoms with Gasteiger partial charge in [-0.2, -0.15) is 13.2 Å². The molecule has 0 radical (unpaired) electrons. The first-order chi connectivity index (χ1) is 13.8. The molecule has 4 rings (SSSR count). The van der Waals surface area contributed by atoms with Crippen LogP contribution in [0, 0.1) is 11.3 Å². The third-order valence-electron chi connectivity index (χ3n) is 4.91. The molecule has 0 aliphatic carbocycles. The summed E-state index contributed by atoms with van der Waals surface area (Å²) >= 11 is 0. The SMILES string of the molecule is N=C(N)CC1CCCN(c2ccnc(-c3cnc4cnc(C(F)(F)F)cn34)n2)C1. The molecular weight excluding hydrogens is 385 g/mol. The van der Waals surface area contributed by atoms with Crippen molar-refractivity contribution in [2.75, 3.05) is 18.0 Å². The number of amidine groups is 1. The molecule has 8 nitrogen and oxygen atoms in total. The number of imidazole rings is 1. The van der Waals surface area contributed by atoms with Crippen molar-refractivity contribution < 1.29 is 13.2 Å². The molecule has 152 valence electrons. The molecule has 1 unspecified atom stereocenters. The highest BCUT2D eigenvalue weighted by molar-refractivity contribution is 5.77. The van der Waals surface area contributed by atoms with Crippen LogP contribution in [0.2, 0.25) is 0 Å². The first kappa shape index (κ1) is 19.1. The normalized spacial score (nSPS) is 17.6. The lowest BCUT2D eigenvalue weighted by atomic mass is 9.94. The van der Waals surface area contributed by atoms with Crippen LogP contribution in [0.15, 0.2) is 30.9 Å². The van der Waals surface area contributed by atoms with Crippen LogP contribution >= 0.6 is 0 Å². The lowest BCUT2D eigenvalue weighted by molar-refractivity contribution is -0.141. The van der Waals surface area contributed by atoms with Gasteiger partial charge >= 0.3 is 6.18 Å². The molecule has 0 amide bonds. The second-order valence-electron chi connectivity index (χ2n) is 7.06. The van der Waals surface area contributed by atoms with Gasteiger partial charge in [0.1, 0.15) is 11.5 Å². The number of halogens is 3. The van der Waals surface area contributed by atoms with Gasteiger partial charge in [-0.05, 0) is 24.8 Å². The number of aromatic nitrogens is 5. The Labute approximate surface area is 164 Å². The van der Waals surface area contributed by atoms with E-state index in [1.807, 2.05) is 0 Å². The van der Waals surface area contributed by atoms with E-state index in [1.54, 1.807) is 12.3 Å². The van der Waals surface area contributed by atoms with Gasteiger partial charge in [-0.1, -0.05) is 0 Å². The fourth-order valence-electron chi connectivity index (χ4n) is 3.60. The molecule has 1 atom stereocenters. The van der Waals surface area contributed by atoms with Gasteiger partial charge in [0, 0.05) is 31.9 Å². The Morgan fingerprint density at radius 2 is 2.07 bits per heavy atom. The lowest BCUT2D eigenvalue weighted by Gasteiger charge is -2.33. The number of nitrogens with zero attached hydrogens (tertiary/aromatic N) is 6. The van der Waals surface area contributed by atoms with E-state index in [0.717, 1.165) is 31.8 Å². The Bertz CT molecular complexity index is 1050. The minimum absolute atomic E-state index is 0.167. The van der Waals surface area contributed by atoms with Gasteiger partial charge in [-0.25, -0.2) is 19.9 Å². The smallest absolute Gasteiger partial charge is 0.388 e. The van der Waals surface area contributed by atoms with Crippen molar-refractivity contribution in [2.24, 2.45) is 11.7 Å². The Morgan fingerprint density at radius 3 is 2.83 bits per heavy atom. The monoisotopic (exact) mass is 404 g/mol. The van der Waals surface area contributed by atoms with Gasteiger partial charge in [-0.3, -0.25) is 9.81 Å². The topological polar surface area (TPSA) is 109 Å². The Morgan fingerprint density at radius 1 is 1.24 bits per heavy atom. The predicted molar refractivity (Wildman–Crippen MR) is 100 cm³/mol. The second-order valence-corrected chi connectivity index (χ2v) is 7.06. The molecule has 0 saturated carbocycles. The maximum Gasteiger partial charge on any atom is 0.434 e. The zero-order chi connectivity index (χ0) is 20.6. The van der Waals surface area contributed by atoms with E-state index < -0.39 is 11.9 Å². The maximum absolute atomic E-state index is 13.0. The summed E-state index contributed by atoms with van der Waals surface area (Å²) in [5.41, 5.74) is 5.16. The van der Waals surface area contributed by atoms with Gasteiger partial charge < -0.3 is 10.6 Å². The summed E-state index contributed by atoms with van der Waals surface area (Å²) in [4.78, 5) is 18.4. The summed E-state index contributed by atoms with van der Waals surface area (Å²) < 4.78 is 40.4. The summed E-state index contributed by atoms with van der Waals surface area (Å²) in [6.07, 6.45) is 2.92. The highest BCUT2D eigenvalue weighted by atomic mass is 19.4. The van der Waals surface area contributed by atoms with Crippen molar-refractivity contribution in [1.82, 2.24) is 24.3 Å². The molecule has 0 bridgehead atoms. The fourth-order valence-corrected chi connectivity index (χ4v) is 3.60. The van der Waals surface area contributed by atoms with Crippen LogP contribution in [0.1, 0.15) is 25.0 Å². The van der Waals surface area contributed by atoms with Crippen molar-refractivity contribution in [1.29, 1.82) is 5.41 Å². The van der Waals surface area contributed by atoms with E-state index in [4.69, 9.17) is 11.1 Å². The number of anilines is 1. The van der Waals surface area contributed by atoms with Gasteiger partial charge in [0.25, 0.3) is 0 Å². The molecule has 0 aromatic carbocycles.